The number of nitrogens with zero attached hydrogens (tertiary/aromatic N) is 15. The number of aromatic nitrogens is 6. The van der Waals surface area contributed by atoms with Crippen LogP contribution in [0.4, 0.5) is 121 Å². The number of aryl methyl sites for hydroxylation is 1. The van der Waals surface area contributed by atoms with Crippen LogP contribution in [-0.4, -0.2) is 189 Å². The maximum atomic E-state index is 13.7. The molecule has 9 N–H and O–H groups in total. The highest BCUT2D eigenvalue weighted by atomic mass is 35.5. The lowest BCUT2D eigenvalue weighted by Gasteiger charge is -2.34. The van der Waals surface area contributed by atoms with Crippen molar-refractivity contribution in [2.24, 2.45) is 0 Å². The average molecular weight is 1570 g/mol. The molecule has 3 aliphatic heterocycles. The number of likely N-dealkylation sites (N-methyl/N-ethyl adjacent to an activating group) is 3. The van der Waals surface area contributed by atoms with Gasteiger partial charge in [0.1, 0.15) is 53.9 Å². The predicted octanol–water partition coefficient (Wildman–Crippen LogP) is 15.1. The first-order valence-corrected chi connectivity index (χ1v) is 36.8. The second-order valence-electron chi connectivity index (χ2n) is 27.0. The van der Waals surface area contributed by atoms with E-state index >= 15 is 0 Å². The minimum absolute atomic E-state index is 0.0634. The number of alkyl halides is 2. The molecule has 0 atom stereocenters. The summed E-state index contributed by atoms with van der Waals surface area (Å²) in [7, 11) is 11.2. The largest absolute Gasteiger partial charge is 0.399 e. The zero-order valence-electron chi connectivity index (χ0n) is 62.7. The number of nitrogens with one attached hydrogen (secondary N) is 7. The molecule has 3 aromatic heterocycles. The molecule has 578 valence electrons. The highest BCUT2D eigenvalue weighted by Crippen LogP contribution is 2.33. The van der Waals surface area contributed by atoms with Crippen LogP contribution in [0.5, 0.6) is 0 Å². The summed E-state index contributed by atoms with van der Waals surface area (Å²) in [5, 5.41) is 21.8. The Morgan fingerprint density at radius 3 is 1.14 bits per heavy atom. The van der Waals surface area contributed by atoms with Crippen molar-refractivity contribution in [1.29, 1.82) is 0 Å². The number of benzene rings is 7. The zero-order valence-corrected chi connectivity index (χ0v) is 65.0. The van der Waals surface area contributed by atoms with Crippen molar-refractivity contribution in [3.8, 4) is 0 Å². The van der Waals surface area contributed by atoms with Crippen LogP contribution in [0.25, 0.3) is 0 Å². The van der Waals surface area contributed by atoms with Gasteiger partial charge in [0.2, 0.25) is 0 Å². The van der Waals surface area contributed by atoms with E-state index in [1.165, 1.54) is 81.5 Å². The lowest BCUT2D eigenvalue weighted by Crippen LogP contribution is -2.44. The molecular weight excluding hydrogens is 1480 g/mol. The lowest BCUT2D eigenvalue weighted by molar-refractivity contribution is 0.0174. The predicted molar refractivity (Wildman–Crippen MR) is 444 cm³/mol. The van der Waals surface area contributed by atoms with E-state index in [9.17, 15) is 28.0 Å². The number of nitrogens with two attached hydrogens (primary N) is 1. The van der Waals surface area contributed by atoms with Crippen LogP contribution in [-0.2, 0) is 5.92 Å². The fourth-order valence-corrected chi connectivity index (χ4v) is 12.3. The summed E-state index contributed by atoms with van der Waals surface area (Å²) in [6.07, 6.45) is 4.19. The maximum Gasteiger partial charge on any atom is 0.327 e. The van der Waals surface area contributed by atoms with Crippen LogP contribution < -0.4 is 72.4 Å². The van der Waals surface area contributed by atoms with E-state index in [0.29, 0.717) is 67.7 Å². The van der Waals surface area contributed by atoms with Crippen molar-refractivity contribution in [1.82, 2.24) is 44.6 Å². The average Bonchev–Trinajstić information content (AvgIpc) is 0.843. The number of urea groups is 3. The third-order valence-corrected chi connectivity index (χ3v) is 19.6. The number of rotatable bonds is 18. The second kappa shape index (κ2) is 37.1. The fourth-order valence-electron chi connectivity index (χ4n) is 11.8. The van der Waals surface area contributed by atoms with Gasteiger partial charge in [0.15, 0.2) is 0 Å². The SMILES string of the molecule is CN1CCN(c2ccc(Nc3cc(N(C)C(=O)Nc4cc(N)ccc4Cl)ncn3)cc2)CC1.CN1CCN(c2ccc(Nc3cc(N(C)C(=O)Nc4cc(NC(=O)c5cccc(C(C)(F)F)c5)ccc4Cl)ncn3)cc2)CC1.Cc1ccc(Cl)c(NC(=O)N(C)c2cc(Nc3ccc(N4CCN(C)CC4)cc3)ncn2)c1. The molecular formula is C79H88Cl3F2N23O4. The van der Waals surface area contributed by atoms with Gasteiger partial charge in [0.25, 0.3) is 11.8 Å². The van der Waals surface area contributed by atoms with Gasteiger partial charge in [-0.25, -0.2) is 53.1 Å². The number of carbonyl (C=O) groups excluding carboxylic acids is 4. The van der Waals surface area contributed by atoms with E-state index in [-0.39, 0.29) is 27.9 Å². The standard InChI is InChI=1S/C32H33ClF2N8O2.C24H28ClN7O.C23H27ClN8O/c1-32(34,35)22-6-4-5-21(17-22)30(44)39-24-9-12-26(33)27(18-24)40-31(45)42(3)29-19-28(36-20-37-29)38-23-7-10-25(11-8-23)43-15-13-41(2)14-16-43;1-17-4-9-20(25)21(14-17)29-24(33)31(3)23-15-22(26-16-27-23)28-18-5-7-19(8-6-18)32-12-10-30(2)11-13-32;1-30-9-11-32(12-10-30)18-6-4-17(5-7-18)28-21-14-22(27-15-26-21)31(2)23(33)29-20-13-16(25)3-8-19(20)24/h4-12,17-20H,13-16H2,1-3H3,(H,39,44)(H,40,45)(H,36,37,38);4-9,14-16H,10-13H2,1-3H3,(H,29,33)(H,26,27,28);3-8,13-15H,9-12,25H2,1-2H3,(H,29,33)(H,26,27,28). The van der Waals surface area contributed by atoms with Gasteiger partial charge >= 0.3 is 18.1 Å². The summed E-state index contributed by atoms with van der Waals surface area (Å²) in [5.41, 5.74) is 14.8. The number of carbonyl (C=O) groups is 4. The number of hydrogen-bond donors (Lipinski definition) is 8. The van der Waals surface area contributed by atoms with Gasteiger partial charge in [-0.3, -0.25) is 19.5 Å². The Balaban J connectivity index is 0.000000168. The zero-order chi connectivity index (χ0) is 78.9. The monoisotopic (exact) mass is 1570 g/mol. The van der Waals surface area contributed by atoms with E-state index < -0.39 is 23.9 Å². The van der Waals surface area contributed by atoms with E-state index in [1.54, 1.807) is 63.6 Å². The Morgan fingerprint density at radius 1 is 0.414 bits per heavy atom. The van der Waals surface area contributed by atoms with Gasteiger partial charge < -0.3 is 72.4 Å². The Hall–Kier alpha value is -11.7. The van der Waals surface area contributed by atoms with Crippen molar-refractivity contribution in [2.75, 3.05) is 193 Å². The molecule has 7 amide bonds. The third-order valence-electron chi connectivity index (χ3n) is 18.6. The molecule has 10 aromatic rings. The Labute approximate surface area is 658 Å². The summed E-state index contributed by atoms with van der Waals surface area (Å²) >= 11 is 18.7. The molecule has 0 spiro atoms. The Bertz CT molecular complexity index is 4680. The fraction of sp³-hybridized carbons (Fsp3) is 0.266. The van der Waals surface area contributed by atoms with E-state index in [1.807, 2.05) is 55.5 Å². The number of hydrogen-bond acceptors (Lipinski definition) is 20. The summed E-state index contributed by atoms with van der Waals surface area (Å²) < 4.78 is 27.5. The Kier molecular flexibility index (Phi) is 26.8. The number of nitrogen functional groups attached to an aromatic ring is 1. The minimum atomic E-state index is -3.09. The molecule has 0 radical (unpaired) electrons. The van der Waals surface area contributed by atoms with Gasteiger partial charge in [-0.15, -0.1) is 0 Å². The van der Waals surface area contributed by atoms with Gasteiger partial charge in [0.05, 0.1) is 32.1 Å². The summed E-state index contributed by atoms with van der Waals surface area (Å²) in [5.74, 6) is -0.785. The highest BCUT2D eigenvalue weighted by Gasteiger charge is 2.26. The topological polar surface area (TPSA) is 285 Å². The molecule has 0 bridgehead atoms. The molecule has 13 rings (SSSR count). The van der Waals surface area contributed by atoms with E-state index in [0.717, 1.165) is 120 Å². The van der Waals surface area contributed by atoms with Gasteiger partial charge in [-0.1, -0.05) is 53.0 Å². The molecule has 3 fully saturated rings. The van der Waals surface area contributed by atoms with Crippen LogP contribution in [0.15, 0.2) is 189 Å². The first-order valence-electron chi connectivity index (χ1n) is 35.7. The normalized spacial score (nSPS) is 13.9. The van der Waals surface area contributed by atoms with Crippen LogP contribution in [0.1, 0.15) is 28.4 Å². The molecule has 27 nitrogen and oxygen atoms in total. The van der Waals surface area contributed by atoms with Crippen LogP contribution in [0.3, 0.4) is 0 Å². The summed E-state index contributed by atoms with van der Waals surface area (Å²) in [6.45, 7) is 15.1. The number of amides is 7. The first-order chi connectivity index (χ1) is 53.2. The maximum absolute atomic E-state index is 13.7. The van der Waals surface area contributed by atoms with Crippen LogP contribution >= 0.6 is 34.8 Å². The summed E-state index contributed by atoms with van der Waals surface area (Å²) in [6, 6.07) is 48.5. The number of piperazine rings is 3. The van der Waals surface area contributed by atoms with Crippen molar-refractivity contribution in [3.05, 3.63) is 221 Å². The Morgan fingerprint density at radius 2 is 0.757 bits per heavy atom. The number of anilines is 17. The molecule has 111 heavy (non-hydrogen) atoms. The molecule has 3 aliphatic rings. The van der Waals surface area contributed by atoms with Gasteiger partial charge in [-0.2, -0.15) is 0 Å². The number of halogens is 5. The first kappa shape index (κ1) is 80.3. The van der Waals surface area contributed by atoms with Crippen LogP contribution in [0, 0.1) is 6.92 Å². The molecule has 6 heterocycles. The van der Waals surface area contributed by atoms with Gasteiger partial charge in [-0.05, 0) is 167 Å². The van der Waals surface area contributed by atoms with Crippen LogP contribution in [0.2, 0.25) is 15.1 Å². The van der Waals surface area contributed by atoms with E-state index in [4.69, 9.17) is 40.5 Å². The summed E-state index contributed by atoms with van der Waals surface area (Å²) in [4.78, 5) is 95.0. The minimum Gasteiger partial charge on any atom is -0.399 e. The smallest absolute Gasteiger partial charge is 0.327 e. The van der Waals surface area contributed by atoms with Crippen molar-refractivity contribution < 1.29 is 28.0 Å². The molecule has 3 saturated heterocycles. The molecule has 7 aromatic carbocycles. The van der Waals surface area contributed by atoms with E-state index in [2.05, 4.69) is 154 Å². The molecule has 32 heteroatoms. The van der Waals surface area contributed by atoms with Crippen molar-refractivity contribution >= 4 is 156 Å². The van der Waals surface area contributed by atoms with Crippen molar-refractivity contribution in [3.63, 3.8) is 0 Å². The molecule has 0 saturated carbocycles. The highest BCUT2D eigenvalue weighted by molar-refractivity contribution is 6.35. The quantitative estimate of drug-likeness (QED) is 0.0371. The molecule has 0 aliphatic carbocycles. The van der Waals surface area contributed by atoms with Crippen molar-refractivity contribution in [2.45, 2.75) is 19.8 Å². The lowest BCUT2D eigenvalue weighted by atomic mass is 10.1. The second-order valence-corrected chi connectivity index (χ2v) is 28.2. The third kappa shape index (κ3) is 22.5. The molecule has 0 unspecified atom stereocenters. The van der Waals surface area contributed by atoms with Gasteiger partial charge in [0, 0.05) is 181 Å².